The minimum absolute atomic E-state index is 0.0325. The Bertz CT molecular complexity index is 1330. The Kier molecular flexibility index (Phi) is 6.53. The number of benzene rings is 2. The third-order valence-corrected chi connectivity index (χ3v) is 6.16. The smallest absolute Gasteiger partial charge is 0.248 e. The van der Waals surface area contributed by atoms with Crippen molar-refractivity contribution < 1.29 is 9.84 Å². The van der Waals surface area contributed by atoms with Gasteiger partial charge >= 0.3 is 0 Å². The number of halogens is 1. The first-order valence-electron chi connectivity index (χ1n) is 10.0. The lowest BCUT2D eigenvalue weighted by molar-refractivity contribution is 0.328. The molecule has 4 rings (SSSR count). The number of aryl methyl sites for hydroxylation is 1. The second kappa shape index (κ2) is 9.50. The molecule has 1 aliphatic rings. The zero-order valence-corrected chi connectivity index (χ0v) is 19.5. The van der Waals surface area contributed by atoms with Crippen molar-refractivity contribution in [3.63, 3.8) is 0 Å². The Hall–Kier alpha value is -3.23. The fraction of sp³-hybridized carbons (Fsp3) is 0.217. The number of anilines is 1. The van der Waals surface area contributed by atoms with Crippen LogP contribution in [0.15, 0.2) is 51.4 Å². The highest BCUT2D eigenvalue weighted by molar-refractivity contribution is 7.16. The molecule has 0 atom stereocenters. The molecule has 1 aliphatic heterocycles. The van der Waals surface area contributed by atoms with E-state index in [1.165, 1.54) is 11.3 Å². The molecule has 0 aliphatic carbocycles. The lowest BCUT2D eigenvalue weighted by Gasteiger charge is -2.11. The Labute approximate surface area is 194 Å². The van der Waals surface area contributed by atoms with Gasteiger partial charge < -0.3 is 15.2 Å². The predicted molar refractivity (Wildman–Crippen MR) is 130 cm³/mol. The van der Waals surface area contributed by atoms with E-state index >= 15 is 0 Å². The van der Waals surface area contributed by atoms with Crippen LogP contribution in [0.25, 0.3) is 6.08 Å². The molecule has 164 valence electrons. The maximum absolute atomic E-state index is 10.4. The number of nitrogens with zero attached hydrogens (tertiary/aromatic N) is 4. The van der Waals surface area contributed by atoms with E-state index in [0.29, 0.717) is 40.0 Å². The van der Waals surface area contributed by atoms with E-state index in [0.717, 1.165) is 27.3 Å². The number of aromatic nitrogens is 1. The number of thiazole rings is 1. The summed E-state index contributed by atoms with van der Waals surface area (Å²) in [7, 11) is 1.64. The van der Waals surface area contributed by atoms with E-state index in [2.05, 4.69) is 25.3 Å². The average molecular weight is 468 g/mol. The van der Waals surface area contributed by atoms with Gasteiger partial charge in [-0.2, -0.15) is 9.98 Å². The van der Waals surface area contributed by atoms with Gasteiger partial charge in [0.1, 0.15) is 0 Å². The summed E-state index contributed by atoms with van der Waals surface area (Å²) in [4.78, 5) is 17.7. The third-order valence-electron chi connectivity index (χ3n) is 4.86. The molecule has 7 nitrogen and oxygen atoms in total. The molecular formula is C23H22ClN5O2S. The molecule has 0 saturated heterocycles. The number of nitrogens with one attached hydrogen (secondary N) is 1. The number of ether oxygens (including phenoxy) is 1. The Morgan fingerprint density at radius 2 is 2.09 bits per heavy atom. The topological polar surface area (TPSA) is 91.5 Å². The summed E-state index contributed by atoms with van der Waals surface area (Å²) in [6.07, 6.45) is 1.87. The van der Waals surface area contributed by atoms with Crippen molar-refractivity contribution in [1.29, 1.82) is 0 Å². The first-order chi connectivity index (χ1) is 15.5. The van der Waals surface area contributed by atoms with E-state index in [-0.39, 0.29) is 5.88 Å². The first-order valence-corrected chi connectivity index (χ1v) is 11.2. The summed E-state index contributed by atoms with van der Waals surface area (Å²) in [5.41, 5.74) is 2.88. The maximum Gasteiger partial charge on any atom is 0.248 e. The van der Waals surface area contributed by atoms with Gasteiger partial charge in [-0.3, -0.25) is 4.99 Å². The van der Waals surface area contributed by atoms with Crippen LogP contribution in [0, 0.1) is 6.92 Å². The van der Waals surface area contributed by atoms with E-state index in [1.807, 2.05) is 56.3 Å². The molecule has 32 heavy (non-hydrogen) atoms. The van der Waals surface area contributed by atoms with Crippen LogP contribution >= 0.6 is 22.9 Å². The molecule has 0 unspecified atom stereocenters. The van der Waals surface area contributed by atoms with Gasteiger partial charge in [-0.1, -0.05) is 41.1 Å². The summed E-state index contributed by atoms with van der Waals surface area (Å²) in [5.74, 6) is 0.830. The van der Waals surface area contributed by atoms with E-state index in [4.69, 9.17) is 16.3 Å². The van der Waals surface area contributed by atoms with Gasteiger partial charge in [-0.15, -0.1) is 0 Å². The van der Waals surface area contributed by atoms with Crippen molar-refractivity contribution in [1.82, 2.24) is 4.98 Å². The molecule has 0 bridgehead atoms. The van der Waals surface area contributed by atoms with Gasteiger partial charge in [0.15, 0.2) is 5.13 Å². The number of aliphatic imine (C=N–C) groups is 2. The van der Waals surface area contributed by atoms with Crippen molar-refractivity contribution in [2.75, 3.05) is 19.0 Å². The fourth-order valence-corrected chi connectivity index (χ4v) is 4.35. The molecule has 2 N–H and O–H groups in total. The van der Waals surface area contributed by atoms with Crippen molar-refractivity contribution in [2.24, 2.45) is 15.0 Å². The summed E-state index contributed by atoms with van der Waals surface area (Å²) < 4.78 is 5.68. The standard InChI is InChI=1S/C23H22ClN5O2S/c1-4-31-21-15-10-14(8-9-18(15)27-22(25-3)29-21)11-19-20(30)28-23(32-19)26-12-16-13(2)6-5-7-17(16)24/h5-11,30H,4,12H2,1-3H3,(H,26,28). The van der Waals surface area contributed by atoms with Crippen LogP contribution in [-0.2, 0) is 11.3 Å². The number of aromatic hydroxyl groups is 1. The summed E-state index contributed by atoms with van der Waals surface area (Å²) in [6, 6.07) is 11.5. The highest BCUT2D eigenvalue weighted by atomic mass is 35.5. The quantitative estimate of drug-likeness (QED) is 0.599. The zero-order valence-electron chi connectivity index (χ0n) is 17.9. The number of rotatable bonds is 5. The normalized spacial score (nSPS) is 14.7. The second-order valence-corrected chi connectivity index (χ2v) is 8.44. The van der Waals surface area contributed by atoms with E-state index < -0.39 is 0 Å². The molecule has 2 aromatic carbocycles. The number of fused-ring (bicyclic) bond motifs is 1. The molecule has 1 aromatic heterocycles. The minimum atomic E-state index is -0.0325. The SMILES string of the molecule is CCOC1=NC(=NC)N=c2ccc(=Cc3sc(NCc4c(C)cccc4Cl)nc3O)cc21. The fourth-order valence-electron chi connectivity index (χ4n) is 3.24. The second-order valence-electron chi connectivity index (χ2n) is 7.00. The van der Waals surface area contributed by atoms with Crippen LogP contribution in [0.2, 0.25) is 5.02 Å². The molecule has 0 saturated carbocycles. The Morgan fingerprint density at radius 3 is 2.84 bits per heavy atom. The summed E-state index contributed by atoms with van der Waals surface area (Å²) >= 11 is 7.67. The largest absolute Gasteiger partial charge is 0.492 e. The van der Waals surface area contributed by atoms with Crippen LogP contribution < -0.4 is 15.9 Å². The highest BCUT2D eigenvalue weighted by Gasteiger charge is 2.15. The van der Waals surface area contributed by atoms with Gasteiger partial charge in [0.05, 0.1) is 22.4 Å². The zero-order chi connectivity index (χ0) is 22.7. The van der Waals surface area contributed by atoms with Crippen LogP contribution in [0.1, 0.15) is 28.5 Å². The number of guanidine groups is 1. The minimum Gasteiger partial charge on any atom is -0.492 e. The van der Waals surface area contributed by atoms with Crippen LogP contribution in [0.5, 0.6) is 5.88 Å². The van der Waals surface area contributed by atoms with E-state index in [9.17, 15) is 5.11 Å². The Morgan fingerprint density at radius 1 is 1.25 bits per heavy atom. The maximum atomic E-state index is 10.4. The predicted octanol–water partition coefficient (Wildman–Crippen LogP) is 3.65. The molecule has 0 amide bonds. The average Bonchev–Trinajstić information content (AvgIpc) is 3.12. The van der Waals surface area contributed by atoms with Crippen molar-refractivity contribution in [2.45, 2.75) is 20.4 Å². The van der Waals surface area contributed by atoms with Crippen molar-refractivity contribution in [3.05, 3.63) is 73.6 Å². The molecule has 0 fully saturated rings. The van der Waals surface area contributed by atoms with Crippen LogP contribution in [0.3, 0.4) is 0 Å². The third kappa shape index (κ3) is 4.66. The van der Waals surface area contributed by atoms with Gasteiger partial charge in [0.2, 0.25) is 17.7 Å². The lowest BCUT2D eigenvalue weighted by atomic mass is 10.1. The molecule has 0 radical (unpaired) electrons. The molecular weight excluding hydrogens is 446 g/mol. The summed E-state index contributed by atoms with van der Waals surface area (Å²) in [6.45, 7) is 4.92. The van der Waals surface area contributed by atoms with Gasteiger partial charge in [-0.05, 0) is 54.5 Å². The van der Waals surface area contributed by atoms with Crippen LogP contribution in [0.4, 0.5) is 5.13 Å². The number of hydrogen-bond donors (Lipinski definition) is 2. The first kappa shape index (κ1) is 22.0. The van der Waals surface area contributed by atoms with Crippen LogP contribution in [-0.4, -0.2) is 35.6 Å². The summed E-state index contributed by atoms with van der Waals surface area (Å²) in [5, 5.41) is 16.5. The molecule has 2 heterocycles. The van der Waals surface area contributed by atoms with E-state index in [1.54, 1.807) is 7.05 Å². The monoisotopic (exact) mass is 467 g/mol. The highest BCUT2D eigenvalue weighted by Crippen LogP contribution is 2.29. The van der Waals surface area contributed by atoms with Gasteiger partial charge in [0.25, 0.3) is 0 Å². The van der Waals surface area contributed by atoms with Crippen molar-refractivity contribution >= 4 is 46.0 Å². The Balaban J connectivity index is 1.62. The van der Waals surface area contributed by atoms with Gasteiger partial charge in [-0.25, -0.2) is 4.99 Å². The van der Waals surface area contributed by atoms with Gasteiger partial charge in [0, 0.05) is 18.6 Å². The molecule has 0 spiro atoms. The number of hydrogen-bond acceptors (Lipinski definition) is 6. The molecule has 9 heteroatoms. The van der Waals surface area contributed by atoms with Crippen molar-refractivity contribution in [3.8, 4) is 5.88 Å². The molecule has 3 aromatic rings. The lowest BCUT2D eigenvalue weighted by Crippen LogP contribution is -2.27.